The van der Waals surface area contributed by atoms with Gasteiger partial charge in [0.25, 0.3) is 0 Å². The van der Waals surface area contributed by atoms with Crippen molar-refractivity contribution in [3.63, 3.8) is 0 Å². The second-order valence-corrected chi connectivity index (χ2v) is 1.99. The highest BCUT2D eigenvalue weighted by Crippen LogP contribution is 2.39. The third kappa shape index (κ3) is 0.0467. The molecule has 2 heterocycles. The minimum absolute atomic E-state index is 1.25. The molecule has 0 N–H and O–H groups in total. The quantitative estimate of drug-likeness (QED) is 0.297. The van der Waals surface area contributed by atoms with Crippen LogP contribution in [0.4, 0.5) is 0 Å². The van der Waals surface area contributed by atoms with E-state index in [1.807, 2.05) is 0 Å². The summed E-state index contributed by atoms with van der Waals surface area (Å²) < 4.78 is 0. The largest absolute Gasteiger partial charge is 0.135 e. The van der Waals surface area contributed by atoms with Crippen LogP contribution in [0.3, 0.4) is 0 Å². The number of fused-ring (bicyclic) bond motifs is 1. The molecule has 2 aliphatic heterocycles. The maximum Gasteiger partial charge on any atom is 0.0670 e. The minimum atomic E-state index is 1.25. The van der Waals surface area contributed by atoms with Crippen molar-refractivity contribution in [3.05, 3.63) is 0 Å². The first-order valence-corrected chi connectivity index (χ1v) is 1.97. The van der Waals surface area contributed by atoms with Gasteiger partial charge in [0.05, 0.1) is 20.8 Å². The van der Waals surface area contributed by atoms with Crippen LogP contribution in [0.2, 0.25) is 5.62 Å². The van der Waals surface area contributed by atoms with Crippen molar-refractivity contribution in [2.45, 2.75) is 5.62 Å². The second-order valence-electron chi connectivity index (χ2n) is 1.99. The Morgan fingerprint density at radius 1 is 1.50 bits per heavy atom. The fourth-order valence-corrected chi connectivity index (χ4v) is 0.552. The first-order chi connectivity index (χ1) is 1.97. The topological polar surface area (TPSA) is 0 Å². The first kappa shape index (κ1) is 1.59. The summed E-state index contributed by atoms with van der Waals surface area (Å²) in [6.07, 6.45) is 0. The van der Waals surface area contributed by atoms with E-state index in [1.54, 1.807) is 14.3 Å². The van der Waals surface area contributed by atoms with Gasteiger partial charge in [0, 0.05) is 0 Å². The van der Waals surface area contributed by atoms with E-state index in [1.165, 1.54) is 12.1 Å². The molecule has 0 nitrogen and oxygen atoms in total. The smallest absolute Gasteiger partial charge is 0.0670 e. The van der Waals surface area contributed by atoms with Crippen LogP contribution >= 0.6 is 0 Å². The molecule has 0 aromatic carbocycles. The summed E-state index contributed by atoms with van der Waals surface area (Å²) in [5, 5.41) is 0. The third-order valence-corrected chi connectivity index (χ3v) is 1.47. The van der Waals surface area contributed by atoms with Crippen LogP contribution in [0.25, 0.3) is 0 Å². The van der Waals surface area contributed by atoms with Crippen LogP contribution in [0.5, 0.6) is 0 Å². The van der Waals surface area contributed by atoms with Crippen LogP contribution < -0.4 is 0 Å². The Balaban J connectivity index is 2.48. The normalized spacial score (nSPS) is 30.5. The predicted molar refractivity (Wildman–Crippen MR) is 23.8 cm³/mol. The highest BCUT2D eigenvalue weighted by atomic mass is 13.8. The Morgan fingerprint density at radius 3 is 1.75 bits per heavy atom. The number of rotatable bonds is 0. The lowest BCUT2D eigenvalue weighted by Crippen LogP contribution is -1.87. The summed E-state index contributed by atoms with van der Waals surface area (Å²) >= 11 is 0. The van der Waals surface area contributed by atoms with Crippen LogP contribution in [-0.2, 0) is 0 Å². The fourth-order valence-electron chi connectivity index (χ4n) is 0.552. The molecule has 0 unspecified atom stereocenters. The lowest BCUT2D eigenvalue weighted by atomic mass is 9.35. The van der Waals surface area contributed by atoms with E-state index in [0.29, 0.717) is 0 Å². The van der Waals surface area contributed by atoms with E-state index < -0.39 is 0 Å². The van der Waals surface area contributed by atoms with Crippen molar-refractivity contribution in [2.24, 2.45) is 0 Å². The van der Waals surface area contributed by atoms with Gasteiger partial charge in [-0.2, -0.15) is 0 Å². The maximum atomic E-state index is 1.58. The summed E-state index contributed by atoms with van der Waals surface area (Å²) in [5.41, 5.74) is 1.25. The molecule has 0 aliphatic carbocycles. The van der Waals surface area contributed by atoms with Crippen molar-refractivity contribution >= 4 is 20.8 Å². The van der Waals surface area contributed by atoms with Crippen molar-refractivity contribution in [1.29, 1.82) is 0 Å². The molecule has 0 spiro atoms. The van der Waals surface area contributed by atoms with E-state index in [9.17, 15) is 0 Å². The molecular weight excluding hydrogens is 44.4 g/mol. The molecule has 3 heteroatoms. The van der Waals surface area contributed by atoms with E-state index in [4.69, 9.17) is 0 Å². The SMILES string of the molecule is B1B2BC12. The zero-order chi connectivity index (χ0) is 2.57. The van der Waals surface area contributed by atoms with Crippen LogP contribution in [-0.4, -0.2) is 20.8 Å². The Labute approximate surface area is 27.5 Å². The van der Waals surface area contributed by atoms with Crippen LogP contribution in [0.1, 0.15) is 0 Å². The van der Waals surface area contributed by atoms with Gasteiger partial charge in [0.15, 0.2) is 0 Å². The highest BCUT2D eigenvalue weighted by molar-refractivity contribution is 7.75. The van der Waals surface area contributed by atoms with Gasteiger partial charge in [-0.05, 0) is 0 Å². The molecule has 16 valence electrons. The van der Waals surface area contributed by atoms with E-state index >= 15 is 0 Å². The summed E-state index contributed by atoms with van der Waals surface area (Å²) in [4.78, 5) is 0. The average Bonchev–Trinajstić information content (AvgIpc) is 1.36. The summed E-state index contributed by atoms with van der Waals surface area (Å²) in [6.45, 7) is 1.25. The van der Waals surface area contributed by atoms with Crippen LogP contribution in [0, 0.1) is 0 Å². The van der Waals surface area contributed by atoms with E-state index in [0.717, 1.165) is 0 Å². The summed E-state index contributed by atoms with van der Waals surface area (Å²) in [7, 11) is 3.17. The zero-order valence-electron chi connectivity index (χ0n) is 2.57. The maximum absolute atomic E-state index is 1.58. The van der Waals surface area contributed by atoms with E-state index in [2.05, 4.69) is 0 Å². The molecule has 0 saturated carbocycles. The van der Waals surface area contributed by atoms with Gasteiger partial charge in [-0.15, -0.1) is 5.62 Å². The molecule has 0 atom stereocenters. The average molecular weight is 47.5 g/mol. The van der Waals surface area contributed by atoms with Crippen LogP contribution in [0.15, 0.2) is 0 Å². The fraction of sp³-hybridized carbons (Fsp3) is 1.00. The summed E-state index contributed by atoms with van der Waals surface area (Å²) in [5.74, 6) is 0. The van der Waals surface area contributed by atoms with Crippen molar-refractivity contribution in [3.8, 4) is 0 Å². The molecule has 0 radical (unpaired) electrons. The predicted octanol–water partition coefficient (Wildman–Crippen LogP) is -1.34. The molecule has 2 rings (SSSR count). The Bertz CT molecular complexity index is 39.2. The monoisotopic (exact) mass is 48.1 g/mol. The highest BCUT2D eigenvalue weighted by Gasteiger charge is 2.57. The Morgan fingerprint density at radius 2 is 1.75 bits per heavy atom. The molecule has 0 amide bonds. The van der Waals surface area contributed by atoms with Gasteiger partial charge >= 0.3 is 0 Å². The van der Waals surface area contributed by atoms with Gasteiger partial charge < -0.3 is 0 Å². The van der Waals surface area contributed by atoms with Crippen molar-refractivity contribution < 1.29 is 0 Å². The first-order valence-electron chi connectivity index (χ1n) is 1.97. The van der Waals surface area contributed by atoms with Gasteiger partial charge in [0.1, 0.15) is 0 Å². The molecule has 2 saturated heterocycles. The molecule has 4 heavy (non-hydrogen) atoms. The lowest BCUT2D eigenvalue weighted by Gasteiger charge is -1.54. The number of hydrogen-bond acceptors (Lipinski definition) is 0. The van der Waals surface area contributed by atoms with Gasteiger partial charge in [-0.3, -0.25) is 0 Å². The standard InChI is InChI=1S/CH3B3/c2-1-3-4(1)2/h1-3H. The Hall–Kier alpha value is 0.195. The zero-order valence-corrected chi connectivity index (χ0v) is 2.57. The lowest BCUT2D eigenvalue weighted by molar-refractivity contribution is 2.08. The molecule has 0 bridgehead atoms. The van der Waals surface area contributed by atoms with Crippen molar-refractivity contribution in [1.82, 2.24) is 0 Å². The molecule has 0 aromatic heterocycles. The molecule has 0 aromatic rings. The van der Waals surface area contributed by atoms with Gasteiger partial charge in [0.2, 0.25) is 0 Å². The van der Waals surface area contributed by atoms with Crippen molar-refractivity contribution in [2.75, 3.05) is 0 Å². The summed E-state index contributed by atoms with van der Waals surface area (Å²) in [6, 6.07) is 0. The molecule has 2 aliphatic rings. The van der Waals surface area contributed by atoms with Gasteiger partial charge in [-0.25, -0.2) is 0 Å². The molecule has 2 fully saturated rings. The molecular formula is CH3B3. The van der Waals surface area contributed by atoms with E-state index in [-0.39, 0.29) is 0 Å². The third-order valence-electron chi connectivity index (χ3n) is 1.47. The minimum Gasteiger partial charge on any atom is -0.135 e. The Kier molecular flexibility index (Phi) is 0.0909. The number of hydrogen-bond donors (Lipinski definition) is 0. The second kappa shape index (κ2) is 0.229. The van der Waals surface area contributed by atoms with Gasteiger partial charge in [-0.1, -0.05) is 0 Å².